The van der Waals surface area contributed by atoms with Crippen LogP contribution in [0.4, 0.5) is 0 Å². The number of carbonyl (C=O) groups excluding carboxylic acids is 3. The number of benzene rings is 1. The van der Waals surface area contributed by atoms with E-state index in [2.05, 4.69) is 0 Å². The molecule has 0 aliphatic heterocycles. The number of rotatable bonds is 5. The highest BCUT2D eigenvalue weighted by Gasteiger charge is 2.59. The van der Waals surface area contributed by atoms with Crippen LogP contribution in [0.3, 0.4) is 0 Å². The Bertz CT molecular complexity index is 1450. The molecule has 0 saturated heterocycles. The summed E-state index contributed by atoms with van der Waals surface area (Å²) in [4.78, 5) is 39.4. The van der Waals surface area contributed by atoms with Crippen LogP contribution in [0, 0.1) is 17.8 Å². The van der Waals surface area contributed by atoms with E-state index in [0.29, 0.717) is 23.5 Å². The minimum Gasteiger partial charge on any atom is -0.511 e. The van der Waals surface area contributed by atoms with Gasteiger partial charge >= 0.3 is 0 Å². The van der Waals surface area contributed by atoms with Crippen LogP contribution in [0.25, 0.3) is 11.1 Å². The van der Waals surface area contributed by atoms with Crippen LogP contribution in [0.15, 0.2) is 51.7 Å². The van der Waals surface area contributed by atoms with E-state index in [1.54, 1.807) is 18.6 Å². The smallest absolute Gasteiger partial charge is 0.209 e. The Hall–Kier alpha value is -3.65. The number of hydrogen-bond acceptors (Lipinski definition) is 8. The number of fused-ring (bicyclic) bond motifs is 3. The van der Waals surface area contributed by atoms with Gasteiger partial charge < -0.3 is 24.8 Å². The van der Waals surface area contributed by atoms with E-state index >= 15 is 0 Å². The van der Waals surface area contributed by atoms with Crippen molar-refractivity contribution in [3.63, 3.8) is 0 Å². The molecular weight excluding hydrogens is 500 g/mol. The lowest BCUT2D eigenvalue weighted by molar-refractivity contribution is -0.144. The molecule has 4 aliphatic rings. The molecule has 204 valence electrons. The zero-order valence-electron chi connectivity index (χ0n) is 21.8. The lowest BCUT2D eigenvalue weighted by Crippen LogP contribution is -2.56. The molecular formula is C31H32O8. The first-order valence-electron chi connectivity index (χ1n) is 13.7. The van der Waals surface area contributed by atoms with E-state index in [-0.39, 0.29) is 36.1 Å². The van der Waals surface area contributed by atoms with Gasteiger partial charge in [0.05, 0.1) is 18.1 Å². The van der Waals surface area contributed by atoms with Crippen LogP contribution in [0.2, 0.25) is 0 Å². The molecule has 39 heavy (non-hydrogen) atoms. The predicted octanol–water partition coefficient (Wildman–Crippen LogP) is 5.07. The number of phenolic OH excluding ortho intramolecular Hbond substituents is 1. The summed E-state index contributed by atoms with van der Waals surface area (Å²) in [7, 11) is 0. The van der Waals surface area contributed by atoms with E-state index in [4.69, 9.17) is 4.42 Å². The van der Waals surface area contributed by atoms with E-state index in [1.807, 2.05) is 6.07 Å². The summed E-state index contributed by atoms with van der Waals surface area (Å²) < 4.78 is 5.33. The Morgan fingerprint density at radius 1 is 1.13 bits per heavy atom. The van der Waals surface area contributed by atoms with Crippen LogP contribution < -0.4 is 0 Å². The largest absolute Gasteiger partial charge is 0.511 e. The van der Waals surface area contributed by atoms with Gasteiger partial charge in [0.15, 0.2) is 17.2 Å². The van der Waals surface area contributed by atoms with Gasteiger partial charge in [0, 0.05) is 23.5 Å². The summed E-state index contributed by atoms with van der Waals surface area (Å²) in [6.45, 7) is 1.10. The molecule has 3 atom stereocenters. The molecule has 6 rings (SSSR count). The van der Waals surface area contributed by atoms with Gasteiger partial charge in [-0.05, 0) is 73.3 Å². The van der Waals surface area contributed by atoms with Crippen molar-refractivity contribution >= 4 is 17.3 Å². The number of aliphatic hydroxyl groups excluding tert-OH is 2. The van der Waals surface area contributed by atoms with Crippen molar-refractivity contribution in [1.29, 1.82) is 0 Å². The van der Waals surface area contributed by atoms with Gasteiger partial charge in [-0.3, -0.25) is 14.4 Å². The first kappa shape index (κ1) is 25.6. The molecule has 8 nitrogen and oxygen atoms in total. The third kappa shape index (κ3) is 3.79. The number of aromatic hydroxyl groups is 1. The first-order valence-corrected chi connectivity index (χ1v) is 13.7. The summed E-state index contributed by atoms with van der Waals surface area (Å²) in [5.74, 6) is -4.67. The van der Waals surface area contributed by atoms with Crippen molar-refractivity contribution in [3.05, 3.63) is 64.0 Å². The third-order valence-corrected chi connectivity index (χ3v) is 9.38. The Morgan fingerprint density at radius 3 is 2.54 bits per heavy atom. The Balaban J connectivity index is 1.48. The standard InChI is InChI=1S/C31H32O8/c1-15(32)24-23(33)13-20-10-19-12-22-21(18-8-9-39-14-18)11-17(7-6-16-4-2-3-5-16)27(34)26(22)28(35)25(19)30(37)31(20,38)29(24)36/h8-9,11,14,16,19-20,33-34,37-38H,2-7,10,12-13H2,1H3/t19-,20+,31-/m0/s1. The number of hydrogen-bond donors (Lipinski definition) is 4. The minimum absolute atomic E-state index is 0.0726. The van der Waals surface area contributed by atoms with Crippen molar-refractivity contribution in [2.75, 3.05) is 0 Å². The molecule has 2 aromatic rings. The topological polar surface area (TPSA) is 145 Å². The monoisotopic (exact) mass is 532 g/mol. The van der Waals surface area contributed by atoms with Gasteiger partial charge in [-0.25, -0.2) is 0 Å². The maximum absolute atomic E-state index is 14.1. The number of carbonyl (C=O) groups is 3. The van der Waals surface area contributed by atoms with Crippen LogP contribution in [-0.2, 0) is 22.4 Å². The molecule has 8 heteroatoms. The minimum atomic E-state index is -2.49. The maximum Gasteiger partial charge on any atom is 0.209 e. The van der Waals surface area contributed by atoms with Crippen molar-refractivity contribution in [2.45, 2.75) is 70.3 Å². The number of allylic oxidation sites excluding steroid dienone is 2. The second kappa shape index (κ2) is 9.23. The molecule has 4 N–H and O–H groups in total. The second-order valence-corrected chi connectivity index (χ2v) is 11.6. The fourth-order valence-electron chi connectivity index (χ4n) is 7.38. The molecule has 0 amide bonds. The number of furan rings is 1. The summed E-state index contributed by atoms with van der Waals surface area (Å²) in [6.07, 6.45) is 9.57. The Labute approximate surface area is 225 Å². The fraction of sp³-hybridized carbons (Fsp3) is 0.452. The van der Waals surface area contributed by atoms with Crippen LogP contribution >= 0.6 is 0 Å². The molecule has 4 aliphatic carbocycles. The lowest BCUT2D eigenvalue weighted by atomic mass is 9.59. The zero-order chi connectivity index (χ0) is 27.6. The normalized spacial score (nSPS) is 27.0. The van der Waals surface area contributed by atoms with Crippen LogP contribution in [-0.4, -0.2) is 43.4 Å². The van der Waals surface area contributed by atoms with Gasteiger partial charge in [0.2, 0.25) is 5.78 Å². The Kier molecular flexibility index (Phi) is 6.06. The zero-order valence-corrected chi connectivity index (χ0v) is 21.8. The highest BCUT2D eigenvalue weighted by molar-refractivity contribution is 6.25. The van der Waals surface area contributed by atoms with E-state index in [1.165, 1.54) is 12.8 Å². The number of aliphatic hydroxyl groups is 3. The van der Waals surface area contributed by atoms with E-state index < -0.39 is 51.9 Å². The van der Waals surface area contributed by atoms with Crippen molar-refractivity contribution in [3.8, 4) is 16.9 Å². The molecule has 0 bridgehead atoms. The van der Waals surface area contributed by atoms with Gasteiger partial charge in [0.25, 0.3) is 0 Å². The summed E-state index contributed by atoms with van der Waals surface area (Å²) in [5, 5.41) is 44.7. The third-order valence-electron chi connectivity index (χ3n) is 9.38. The number of phenols is 1. The molecule has 1 aromatic carbocycles. The maximum atomic E-state index is 14.1. The van der Waals surface area contributed by atoms with Gasteiger partial charge in [-0.2, -0.15) is 0 Å². The lowest BCUT2D eigenvalue weighted by Gasteiger charge is -2.45. The van der Waals surface area contributed by atoms with Crippen LogP contribution in [0.1, 0.15) is 73.4 Å². The number of Topliss-reactive ketones (excluding diaryl/α,β-unsaturated/α-hetero) is 3. The second-order valence-electron chi connectivity index (χ2n) is 11.6. The average molecular weight is 533 g/mol. The summed E-state index contributed by atoms with van der Waals surface area (Å²) >= 11 is 0. The molecule has 1 fully saturated rings. The molecule has 1 aromatic heterocycles. The molecule has 0 unspecified atom stereocenters. The number of ketones is 3. The van der Waals surface area contributed by atoms with Gasteiger partial charge in [0.1, 0.15) is 22.8 Å². The first-order chi connectivity index (χ1) is 18.6. The fourth-order valence-corrected chi connectivity index (χ4v) is 7.38. The molecule has 1 heterocycles. The Morgan fingerprint density at radius 2 is 1.87 bits per heavy atom. The molecule has 1 saturated carbocycles. The van der Waals surface area contributed by atoms with Crippen LogP contribution in [0.5, 0.6) is 5.75 Å². The number of aryl methyl sites for hydroxylation is 1. The van der Waals surface area contributed by atoms with Crippen molar-refractivity contribution in [2.24, 2.45) is 17.8 Å². The van der Waals surface area contributed by atoms with E-state index in [9.17, 15) is 34.8 Å². The summed E-state index contributed by atoms with van der Waals surface area (Å²) in [5.41, 5.74) is -0.281. The molecule has 0 radical (unpaired) electrons. The van der Waals surface area contributed by atoms with Gasteiger partial charge in [-0.1, -0.05) is 25.7 Å². The van der Waals surface area contributed by atoms with Gasteiger partial charge in [-0.15, -0.1) is 0 Å². The SMILES string of the molecule is CC(=O)C1=C(O)C[C@H]2C[C@H]3Cc4c(-c5ccoc5)cc(CCC5CCCC5)c(O)c4C(=O)C3=C(O)[C@@]2(O)C1=O. The highest BCUT2D eigenvalue weighted by atomic mass is 16.3. The molecule has 0 spiro atoms. The van der Waals surface area contributed by atoms with Crippen molar-refractivity contribution in [1.82, 2.24) is 0 Å². The van der Waals surface area contributed by atoms with E-state index in [0.717, 1.165) is 37.3 Å². The predicted molar refractivity (Wildman–Crippen MR) is 140 cm³/mol. The highest BCUT2D eigenvalue weighted by Crippen LogP contribution is 2.53. The quantitative estimate of drug-likeness (QED) is 0.391. The van der Waals surface area contributed by atoms with Crippen molar-refractivity contribution < 1.29 is 39.2 Å². The summed E-state index contributed by atoms with van der Waals surface area (Å²) in [6, 6.07) is 3.72. The average Bonchev–Trinajstić information content (AvgIpc) is 3.60.